The van der Waals surface area contributed by atoms with Crippen LogP contribution in [0.3, 0.4) is 0 Å². The largest absolute Gasteiger partial charge is 0.471 e. The van der Waals surface area contributed by atoms with E-state index in [1.807, 2.05) is 0 Å². The third-order valence-electron chi connectivity index (χ3n) is 3.22. The molecule has 1 aliphatic rings. The molecule has 2 rings (SSSR count). The Labute approximate surface area is 130 Å². The second-order valence-corrected chi connectivity index (χ2v) is 7.02. The molecule has 1 aliphatic heterocycles. The fourth-order valence-corrected chi connectivity index (χ4v) is 3.61. The third-order valence-corrected chi connectivity index (χ3v) is 5.38. The van der Waals surface area contributed by atoms with Crippen molar-refractivity contribution in [2.24, 2.45) is 0 Å². The smallest absolute Gasteiger partial charge is 0.332 e. The first-order valence-corrected chi connectivity index (χ1v) is 8.06. The molecule has 122 valence electrons. The Morgan fingerprint density at radius 2 is 1.55 bits per heavy atom. The molecule has 1 aromatic rings. The Morgan fingerprint density at radius 1 is 1.05 bits per heavy atom. The maximum Gasteiger partial charge on any atom is 0.471 e. The van der Waals surface area contributed by atoms with Crippen LogP contribution >= 0.6 is 11.6 Å². The van der Waals surface area contributed by atoms with Gasteiger partial charge in [0, 0.05) is 31.2 Å². The zero-order valence-electron chi connectivity index (χ0n) is 11.2. The predicted molar refractivity (Wildman–Crippen MR) is 72.8 cm³/mol. The predicted octanol–water partition coefficient (Wildman–Crippen LogP) is 1.74. The van der Waals surface area contributed by atoms with E-state index in [1.165, 1.54) is 24.3 Å². The van der Waals surface area contributed by atoms with Gasteiger partial charge in [0.1, 0.15) is 0 Å². The number of carbonyl (C=O) groups excluding carboxylic acids is 1. The van der Waals surface area contributed by atoms with Crippen molar-refractivity contribution in [3.63, 3.8) is 0 Å². The Hall–Kier alpha value is -1.32. The second kappa shape index (κ2) is 6.05. The number of alkyl halides is 3. The quantitative estimate of drug-likeness (QED) is 0.811. The summed E-state index contributed by atoms with van der Waals surface area (Å²) in [5.74, 6) is -1.95. The summed E-state index contributed by atoms with van der Waals surface area (Å²) in [6.07, 6.45) is -4.95. The van der Waals surface area contributed by atoms with E-state index in [1.54, 1.807) is 0 Å². The zero-order chi connectivity index (χ0) is 16.5. The van der Waals surface area contributed by atoms with Crippen LogP contribution in [0.15, 0.2) is 29.2 Å². The third kappa shape index (κ3) is 3.53. The molecule has 1 saturated heterocycles. The van der Waals surface area contributed by atoms with Gasteiger partial charge in [-0.2, -0.15) is 17.5 Å². The van der Waals surface area contributed by atoms with Gasteiger partial charge in [0.25, 0.3) is 0 Å². The van der Waals surface area contributed by atoms with E-state index in [4.69, 9.17) is 11.6 Å². The molecule has 22 heavy (non-hydrogen) atoms. The molecule has 10 heteroatoms. The molecule has 5 nitrogen and oxygen atoms in total. The number of piperazine rings is 1. The van der Waals surface area contributed by atoms with Crippen molar-refractivity contribution in [1.82, 2.24) is 9.21 Å². The van der Waals surface area contributed by atoms with Crippen LogP contribution in [0.25, 0.3) is 0 Å². The number of nitrogens with zero attached hydrogens (tertiary/aromatic N) is 2. The summed E-state index contributed by atoms with van der Waals surface area (Å²) < 4.78 is 62.7. The van der Waals surface area contributed by atoms with Gasteiger partial charge in [0.05, 0.1) is 4.90 Å². The number of benzene rings is 1. The van der Waals surface area contributed by atoms with Crippen LogP contribution in [0, 0.1) is 0 Å². The highest BCUT2D eigenvalue weighted by Gasteiger charge is 2.44. The van der Waals surface area contributed by atoms with Gasteiger partial charge < -0.3 is 4.90 Å². The molecule has 0 aliphatic carbocycles. The highest BCUT2D eigenvalue weighted by molar-refractivity contribution is 7.89. The SMILES string of the molecule is O=C(N1CCN(S(=O)(=O)c2ccc(Cl)cc2)CC1)C(F)(F)F. The summed E-state index contributed by atoms with van der Waals surface area (Å²) in [5.41, 5.74) is 0. The molecule has 0 bridgehead atoms. The molecule has 0 spiro atoms. The fraction of sp³-hybridized carbons (Fsp3) is 0.417. The Balaban J connectivity index is 2.08. The first kappa shape index (κ1) is 17.0. The summed E-state index contributed by atoms with van der Waals surface area (Å²) in [7, 11) is -3.81. The molecular weight excluding hydrogens is 345 g/mol. The molecule has 0 radical (unpaired) electrons. The average Bonchev–Trinajstić information content (AvgIpc) is 2.46. The molecule has 0 N–H and O–H groups in total. The van der Waals surface area contributed by atoms with E-state index in [2.05, 4.69) is 0 Å². The number of sulfonamides is 1. The zero-order valence-corrected chi connectivity index (χ0v) is 12.7. The first-order chi connectivity index (χ1) is 10.1. The summed E-state index contributed by atoms with van der Waals surface area (Å²) in [6.45, 7) is -0.976. The van der Waals surface area contributed by atoms with Gasteiger partial charge in [0.2, 0.25) is 10.0 Å². The van der Waals surface area contributed by atoms with Gasteiger partial charge in [-0.1, -0.05) is 11.6 Å². The minimum Gasteiger partial charge on any atom is -0.332 e. The van der Waals surface area contributed by atoms with Gasteiger partial charge in [-0.3, -0.25) is 4.79 Å². The maximum atomic E-state index is 12.3. The molecule has 0 aromatic heterocycles. The van der Waals surface area contributed by atoms with Crippen molar-refractivity contribution >= 4 is 27.5 Å². The normalized spacial score (nSPS) is 17.5. The number of rotatable bonds is 2. The average molecular weight is 357 g/mol. The lowest BCUT2D eigenvalue weighted by Gasteiger charge is -2.34. The minimum atomic E-state index is -4.95. The fourth-order valence-electron chi connectivity index (χ4n) is 2.07. The van der Waals surface area contributed by atoms with Crippen LogP contribution < -0.4 is 0 Å². The van der Waals surface area contributed by atoms with Gasteiger partial charge in [0.15, 0.2) is 0 Å². The van der Waals surface area contributed by atoms with E-state index in [-0.39, 0.29) is 31.1 Å². The van der Waals surface area contributed by atoms with Crippen molar-refractivity contribution in [3.8, 4) is 0 Å². The Morgan fingerprint density at radius 3 is 2.00 bits per heavy atom. The van der Waals surface area contributed by atoms with Crippen molar-refractivity contribution in [3.05, 3.63) is 29.3 Å². The van der Waals surface area contributed by atoms with Gasteiger partial charge in [-0.05, 0) is 24.3 Å². The molecule has 1 fully saturated rings. The molecule has 1 aromatic carbocycles. The monoisotopic (exact) mass is 356 g/mol. The molecule has 1 heterocycles. The summed E-state index contributed by atoms with van der Waals surface area (Å²) >= 11 is 5.69. The summed E-state index contributed by atoms with van der Waals surface area (Å²) in [5, 5.41) is 0.375. The van der Waals surface area contributed by atoms with Crippen LogP contribution in [0.1, 0.15) is 0 Å². The van der Waals surface area contributed by atoms with Gasteiger partial charge in [-0.25, -0.2) is 8.42 Å². The van der Waals surface area contributed by atoms with E-state index in [0.29, 0.717) is 9.92 Å². The molecule has 0 atom stereocenters. The molecule has 0 unspecified atom stereocenters. The molecular formula is C12H12ClF3N2O3S. The lowest BCUT2D eigenvalue weighted by Crippen LogP contribution is -2.53. The summed E-state index contributed by atoms with van der Waals surface area (Å²) in [4.78, 5) is 11.7. The van der Waals surface area contributed by atoms with Gasteiger partial charge in [-0.15, -0.1) is 0 Å². The Bertz CT molecular complexity index is 653. The topological polar surface area (TPSA) is 57.7 Å². The number of amides is 1. The standard InChI is InChI=1S/C12H12ClF3N2O3S/c13-9-1-3-10(4-2-9)22(20,21)18-7-5-17(6-8-18)11(19)12(14,15)16/h1-4H,5-8H2. The highest BCUT2D eigenvalue weighted by atomic mass is 35.5. The van der Waals surface area contributed by atoms with Crippen molar-refractivity contribution in [2.75, 3.05) is 26.2 Å². The highest BCUT2D eigenvalue weighted by Crippen LogP contribution is 2.22. The van der Waals surface area contributed by atoms with Crippen LogP contribution in [0.4, 0.5) is 13.2 Å². The van der Waals surface area contributed by atoms with Crippen LogP contribution in [-0.2, 0) is 14.8 Å². The Kier molecular flexibility index (Phi) is 4.69. The maximum absolute atomic E-state index is 12.3. The lowest BCUT2D eigenvalue weighted by atomic mass is 10.3. The molecule has 0 saturated carbocycles. The van der Waals surface area contributed by atoms with E-state index >= 15 is 0 Å². The van der Waals surface area contributed by atoms with Crippen LogP contribution in [0.5, 0.6) is 0 Å². The van der Waals surface area contributed by atoms with Crippen LogP contribution in [-0.4, -0.2) is 55.9 Å². The minimum absolute atomic E-state index is 0.00694. The van der Waals surface area contributed by atoms with Gasteiger partial charge >= 0.3 is 12.1 Å². The van der Waals surface area contributed by atoms with E-state index < -0.39 is 22.1 Å². The van der Waals surface area contributed by atoms with E-state index in [9.17, 15) is 26.4 Å². The number of hydrogen-bond donors (Lipinski definition) is 0. The molecule has 1 amide bonds. The first-order valence-electron chi connectivity index (χ1n) is 6.24. The number of halogens is 4. The van der Waals surface area contributed by atoms with Crippen molar-refractivity contribution < 1.29 is 26.4 Å². The number of carbonyl (C=O) groups is 1. The summed E-state index contributed by atoms with van der Waals surface area (Å²) in [6, 6.07) is 5.48. The number of hydrogen-bond acceptors (Lipinski definition) is 3. The van der Waals surface area contributed by atoms with Crippen molar-refractivity contribution in [2.45, 2.75) is 11.1 Å². The van der Waals surface area contributed by atoms with E-state index in [0.717, 1.165) is 4.31 Å². The second-order valence-electron chi connectivity index (χ2n) is 4.65. The lowest BCUT2D eigenvalue weighted by molar-refractivity contribution is -0.186. The van der Waals surface area contributed by atoms with Crippen molar-refractivity contribution in [1.29, 1.82) is 0 Å². The van der Waals surface area contributed by atoms with Crippen LogP contribution in [0.2, 0.25) is 5.02 Å².